The highest BCUT2D eigenvalue weighted by Crippen LogP contribution is 2.39. The molecule has 10 rings (SSSR count). The van der Waals surface area contributed by atoms with Crippen LogP contribution in [0.25, 0.3) is 22.4 Å². The molecule has 4 aromatic heterocycles. The lowest BCUT2D eigenvalue weighted by molar-refractivity contribution is 0.0696. The fourth-order valence-corrected chi connectivity index (χ4v) is 12.0. The molecule has 0 saturated carbocycles. The average Bonchev–Trinajstić information content (AvgIpc) is 1.63. The summed E-state index contributed by atoms with van der Waals surface area (Å²) >= 11 is 0. The second kappa shape index (κ2) is 25.7. The van der Waals surface area contributed by atoms with E-state index in [9.17, 15) is 9.90 Å². The van der Waals surface area contributed by atoms with E-state index in [1.165, 1.54) is 84.7 Å². The van der Waals surface area contributed by atoms with Gasteiger partial charge in [0.25, 0.3) is 0 Å². The molecule has 0 atom stereocenters. The van der Waals surface area contributed by atoms with Crippen LogP contribution in [0.1, 0.15) is 232 Å². The van der Waals surface area contributed by atoms with Gasteiger partial charge < -0.3 is 29.9 Å². The van der Waals surface area contributed by atoms with Crippen LogP contribution < -0.4 is 26.3 Å². The number of hydrogen-bond acceptors (Lipinski definition) is 2. The topological polar surface area (TPSA) is 104 Å². The van der Waals surface area contributed by atoms with Gasteiger partial charge in [-0.3, -0.25) is 0 Å². The largest absolute Gasteiger partial charge is 0.478 e. The number of rotatable bonds is 16. The number of carbonyl (C=O) groups is 1. The van der Waals surface area contributed by atoms with E-state index in [2.05, 4.69) is 267 Å². The van der Waals surface area contributed by atoms with Crippen LogP contribution in [0.15, 0.2) is 158 Å². The Kier molecular flexibility index (Phi) is 18.3. The summed E-state index contributed by atoms with van der Waals surface area (Å²) in [6, 6.07) is 57.5. The molecular weight excluding hydrogens is 1070 g/mol. The van der Waals surface area contributed by atoms with Gasteiger partial charge in [0.2, 0.25) is 0 Å². The summed E-state index contributed by atoms with van der Waals surface area (Å²) < 4.78 is 0. The first kappa shape index (κ1) is 62.6. The third-order valence-corrected chi connectivity index (χ3v) is 17.5. The highest BCUT2D eigenvalue weighted by Gasteiger charge is 2.27. The Morgan fingerprint density at radius 1 is 0.409 bits per heavy atom. The Morgan fingerprint density at radius 3 is 1.24 bits per heavy atom. The third kappa shape index (κ3) is 14.2. The zero-order valence-electron chi connectivity index (χ0n) is 54.9. The van der Waals surface area contributed by atoms with Crippen molar-refractivity contribution in [2.75, 3.05) is 4.90 Å². The molecule has 0 spiro atoms. The summed E-state index contributed by atoms with van der Waals surface area (Å²) in [6.45, 7) is 32.1. The predicted molar refractivity (Wildman–Crippen MR) is 369 cm³/mol. The molecule has 454 valence electrons. The lowest BCUT2D eigenvalue weighted by Crippen LogP contribution is -2.26. The zero-order valence-corrected chi connectivity index (χ0v) is 54.9. The molecular formula is C81H93N5O2. The number of aromatic nitrogens is 4. The molecule has 0 amide bonds. The van der Waals surface area contributed by atoms with E-state index in [4.69, 9.17) is 0 Å². The van der Waals surface area contributed by atoms with Gasteiger partial charge in [0.15, 0.2) is 0 Å². The van der Waals surface area contributed by atoms with E-state index >= 15 is 0 Å². The van der Waals surface area contributed by atoms with Gasteiger partial charge in [-0.25, -0.2) is 4.79 Å². The van der Waals surface area contributed by atoms with Gasteiger partial charge in [0, 0.05) is 50.2 Å². The van der Waals surface area contributed by atoms with Crippen molar-refractivity contribution in [1.29, 1.82) is 0 Å². The first-order valence-corrected chi connectivity index (χ1v) is 32.3. The maximum atomic E-state index is 11.9. The van der Waals surface area contributed by atoms with Crippen LogP contribution in [0.3, 0.4) is 0 Å². The van der Waals surface area contributed by atoms with Gasteiger partial charge in [-0.05, 0) is 189 Å². The fourth-order valence-electron chi connectivity index (χ4n) is 12.0. The molecule has 0 fully saturated rings. The molecule has 1 aliphatic heterocycles. The van der Waals surface area contributed by atoms with Gasteiger partial charge in [-0.1, -0.05) is 208 Å². The first-order chi connectivity index (χ1) is 41.9. The van der Waals surface area contributed by atoms with E-state index < -0.39 is 5.97 Å². The number of carboxylic acid groups (broad SMARTS) is 1. The van der Waals surface area contributed by atoms with Crippen LogP contribution in [-0.4, -0.2) is 31.0 Å². The van der Waals surface area contributed by atoms with Crippen molar-refractivity contribution < 1.29 is 9.90 Å². The number of nitrogens with zero attached hydrogens (tertiary/aromatic N) is 1. The highest BCUT2D eigenvalue weighted by atomic mass is 16.4. The molecule has 9 aromatic rings. The van der Waals surface area contributed by atoms with Crippen LogP contribution in [-0.2, 0) is 34.5 Å². The van der Waals surface area contributed by atoms with Crippen molar-refractivity contribution in [2.24, 2.45) is 0 Å². The maximum Gasteiger partial charge on any atom is 0.335 e. The Labute approximate surface area is 523 Å². The van der Waals surface area contributed by atoms with Gasteiger partial charge in [-0.2, -0.15) is 0 Å². The third-order valence-electron chi connectivity index (χ3n) is 17.5. The van der Waals surface area contributed by atoms with Crippen molar-refractivity contribution in [2.45, 2.75) is 183 Å². The number of benzene rings is 5. The quantitative estimate of drug-likeness (QED) is 0.0492. The molecule has 0 saturated heterocycles. The molecule has 5 heterocycles. The van der Waals surface area contributed by atoms with Crippen LogP contribution in [0, 0.1) is 11.8 Å². The number of unbranched alkanes of at least 4 members (excludes halogenated alkanes) is 6. The summed E-state index contributed by atoms with van der Waals surface area (Å²) in [5.41, 5.74) is 20.0. The van der Waals surface area contributed by atoms with Gasteiger partial charge >= 0.3 is 5.97 Å². The Hall–Kier alpha value is -8.47. The molecule has 7 heteroatoms. The fraction of sp³-hybridized carbons (Fsp3) is 0.346. The van der Waals surface area contributed by atoms with Gasteiger partial charge in [0.05, 0.1) is 38.9 Å². The predicted octanol–water partition coefficient (Wildman–Crippen LogP) is 17.2. The molecule has 0 radical (unpaired) electrons. The van der Waals surface area contributed by atoms with Crippen molar-refractivity contribution >= 4 is 39.8 Å². The Bertz CT molecular complexity index is 4160. The molecule has 0 unspecified atom stereocenters. The Balaban J connectivity index is 1.33. The minimum atomic E-state index is -0.973. The average molecular weight is 1170 g/mol. The summed E-state index contributed by atoms with van der Waals surface area (Å²) in [5, 5.41) is 13.5. The smallest absolute Gasteiger partial charge is 0.335 e. The van der Waals surface area contributed by atoms with Crippen LogP contribution >= 0.6 is 0 Å². The highest BCUT2D eigenvalue weighted by molar-refractivity contribution is 5.90. The zero-order chi connectivity index (χ0) is 62.7. The molecule has 1 aliphatic rings. The lowest BCUT2D eigenvalue weighted by Gasteiger charge is -2.28. The minimum Gasteiger partial charge on any atom is -0.478 e. The van der Waals surface area contributed by atoms with Gasteiger partial charge in [0.1, 0.15) is 0 Å². The molecule has 5 aromatic carbocycles. The SMILES string of the molecule is CCCCCCc1ccc(N(C2=c3ccc([nH]3)=C(c3cc(C(C)(C)C)cc(C(C)(C)C)c3)c3ccc([nH]3)C(C#Cc3ccc(C(=O)O)cc3)=c3ccc([nH]3)=C(c3cc(C(C)(C)C)cc(C(C)(C)C)c3)c3ccc2[nH]3)c2ccc(CCCCCC)cc2)cc1. The number of H-pyrrole nitrogens is 4. The summed E-state index contributed by atoms with van der Waals surface area (Å²) in [7, 11) is 0. The number of aromatic amines is 4. The first-order valence-electron chi connectivity index (χ1n) is 32.3. The number of hydrogen-bond donors (Lipinski definition) is 5. The van der Waals surface area contributed by atoms with Gasteiger partial charge in [-0.15, -0.1) is 0 Å². The molecule has 7 nitrogen and oxygen atoms in total. The standard InChI is InChI=1S/C81H93N5O2/c1-15-17-19-21-23-53-27-34-63(35-28-53)86(64-36-29-54(30-37-64)24-22-20-18-16-2)76-72-45-43-70(84-72)74(57-47-59(78(3,4)5)51-60(48-57)79(6,7)8)68-41-39-66(82-68)65(38-31-55-25-32-56(33-26-55)77(87)88)67-40-42-69(83-67)75(71-44-46-73(76)85-71)58-49-61(80(9,10)11)52-62(50-58)81(12,13)14/h25-30,32-37,39-52,82-85H,15-24H2,1-14H3,(H,87,88). The van der Waals surface area contributed by atoms with Crippen molar-refractivity contribution in [3.05, 3.63) is 258 Å². The minimum absolute atomic E-state index is 0.137. The monoisotopic (exact) mass is 1170 g/mol. The van der Waals surface area contributed by atoms with Crippen molar-refractivity contribution in [3.8, 4) is 11.8 Å². The van der Waals surface area contributed by atoms with Crippen LogP contribution in [0.5, 0.6) is 0 Å². The van der Waals surface area contributed by atoms with Crippen LogP contribution in [0.2, 0.25) is 0 Å². The van der Waals surface area contributed by atoms with E-state index in [1.54, 1.807) is 24.3 Å². The summed E-state index contributed by atoms with van der Waals surface area (Å²) in [6.07, 6.45) is 11.9. The number of carboxylic acids is 1. The maximum absolute atomic E-state index is 11.9. The van der Waals surface area contributed by atoms with E-state index in [-0.39, 0.29) is 27.2 Å². The second-order valence-electron chi connectivity index (χ2n) is 28.6. The summed E-state index contributed by atoms with van der Waals surface area (Å²) in [4.78, 5) is 30.6. The number of fused-ring (bicyclic) bond motifs is 8. The normalized spacial score (nSPS) is 13.0. The number of aromatic carboxylic acids is 1. The molecule has 8 bridgehead atoms. The summed E-state index contributed by atoms with van der Waals surface area (Å²) in [5.74, 6) is 6.07. The second-order valence-corrected chi connectivity index (χ2v) is 28.6. The molecule has 88 heavy (non-hydrogen) atoms. The van der Waals surface area contributed by atoms with Crippen molar-refractivity contribution in [1.82, 2.24) is 19.9 Å². The molecule has 5 N–H and O–H groups in total. The number of nitrogens with one attached hydrogen (secondary N) is 4. The number of anilines is 2. The van der Waals surface area contributed by atoms with E-state index in [0.29, 0.717) is 5.56 Å². The van der Waals surface area contributed by atoms with Crippen molar-refractivity contribution in [3.63, 3.8) is 0 Å². The number of aryl methyl sites for hydroxylation is 2. The lowest BCUT2D eigenvalue weighted by atomic mass is 9.78. The van der Waals surface area contributed by atoms with E-state index in [1.807, 2.05) is 0 Å². The van der Waals surface area contributed by atoms with Crippen LogP contribution in [0.4, 0.5) is 11.4 Å². The molecule has 0 aliphatic carbocycles. The Morgan fingerprint density at radius 2 is 0.807 bits per heavy atom. The van der Waals surface area contributed by atoms with E-state index in [0.717, 1.165) is 102 Å².